The third-order valence-electron chi connectivity index (χ3n) is 2.49. The maximum Gasteiger partial charge on any atom is 0.294 e. The average Bonchev–Trinajstić information content (AvgIpc) is 2.88. The molecule has 1 heterocycles. The number of aryl methyl sites for hydroxylation is 1. The Morgan fingerprint density at radius 2 is 2.25 bits per heavy atom. The van der Waals surface area contributed by atoms with E-state index >= 15 is 0 Å². The zero-order valence-electron chi connectivity index (χ0n) is 11.0. The molecule has 0 saturated heterocycles. The van der Waals surface area contributed by atoms with Crippen LogP contribution in [0.2, 0.25) is 0 Å². The van der Waals surface area contributed by atoms with E-state index in [1.807, 2.05) is 6.07 Å². The second-order valence-electron chi connectivity index (χ2n) is 4.11. The summed E-state index contributed by atoms with van der Waals surface area (Å²) >= 11 is 0. The average molecular weight is 270 g/mol. The number of anilines is 1. The van der Waals surface area contributed by atoms with Crippen molar-refractivity contribution in [1.29, 1.82) is 0 Å². The van der Waals surface area contributed by atoms with Gasteiger partial charge in [-0.05, 0) is 19.1 Å². The molecule has 0 aliphatic carbocycles. The van der Waals surface area contributed by atoms with Crippen LogP contribution in [-0.4, -0.2) is 22.8 Å². The molecule has 0 atom stereocenters. The van der Waals surface area contributed by atoms with Crippen LogP contribution < -0.4 is 5.32 Å². The summed E-state index contributed by atoms with van der Waals surface area (Å²) < 4.78 is 4.91. The molecule has 20 heavy (non-hydrogen) atoms. The molecular formula is C15H14N2O3. The number of aliphatic hydroxyl groups excluding tert-OH is 1. The van der Waals surface area contributed by atoms with Gasteiger partial charge in [0.15, 0.2) is 0 Å². The van der Waals surface area contributed by atoms with Crippen LogP contribution in [0.3, 0.4) is 0 Å². The molecule has 102 valence electrons. The summed E-state index contributed by atoms with van der Waals surface area (Å²) in [4.78, 5) is 12.0. The molecule has 5 heteroatoms. The van der Waals surface area contributed by atoms with Crippen molar-refractivity contribution in [3.05, 3.63) is 47.3 Å². The quantitative estimate of drug-likeness (QED) is 0.836. The molecule has 0 unspecified atom stereocenters. The first-order valence-corrected chi connectivity index (χ1v) is 6.14. The highest BCUT2D eigenvalue weighted by Crippen LogP contribution is 2.15. The monoisotopic (exact) mass is 270 g/mol. The van der Waals surface area contributed by atoms with Crippen molar-refractivity contribution in [1.82, 2.24) is 5.16 Å². The highest BCUT2D eigenvalue weighted by Gasteiger charge is 2.12. The van der Waals surface area contributed by atoms with Gasteiger partial charge in [0.1, 0.15) is 0 Å². The first kappa shape index (κ1) is 13.8. The highest BCUT2D eigenvalue weighted by molar-refractivity contribution is 6.02. The van der Waals surface area contributed by atoms with Crippen molar-refractivity contribution >= 4 is 11.6 Å². The molecule has 2 N–H and O–H groups in total. The Morgan fingerprint density at radius 1 is 1.45 bits per heavy atom. The van der Waals surface area contributed by atoms with Crippen molar-refractivity contribution in [3.8, 4) is 11.8 Å². The number of rotatable bonds is 3. The topological polar surface area (TPSA) is 75.4 Å². The van der Waals surface area contributed by atoms with E-state index in [0.717, 1.165) is 0 Å². The molecule has 1 aromatic heterocycles. The Bertz CT molecular complexity index is 665. The zero-order valence-corrected chi connectivity index (χ0v) is 11.0. The number of aromatic nitrogens is 1. The van der Waals surface area contributed by atoms with E-state index in [9.17, 15) is 4.79 Å². The van der Waals surface area contributed by atoms with Gasteiger partial charge in [-0.3, -0.25) is 4.79 Å². The number of para-hydroxylation sites is 1. The summed E-state index contributed by atoms with van der Waals surface area (Å²) in [5.41, 5.74) is 1.92. The van der Waals surface area contributed by atoms with Gasteiger partial charge in [-0.15, -0.1) is 0 Å². The minimum absolute atomic E-state index is 0.0128. The van der Waals surface area contributed by atoms with Crippen LogP contribution in [0.5, 0.6) is 0 Å². The second-order valence-corrected chi connectivity index (χ2v) is 4.11. The minimum Gasteiger partial charge on any atom is -0.395 e. The molecule has 5 nitrogen and oxygen atoms in total. The fourth-order valence-corrected chi connectivity index (χ4v) is 1.57. The maximum atomic E-state index is 12.0. The fourth-order valence-electron chi connectivity index (χ4n) is 1.57. The summed E-state index contributed by atoms with van der Waals surface area (Å²) in [6, 6.07) is 8.75. The third-order valence-corrected chi connectivity index (χ3v) is 2.49. The molecule has 2 rings (SSSR count). The molecular weight excluding hydrogens is 256 g/mol. The van der Waals surface area contributed by atoms with Crippen LogP contribution in [-0.2, 0) is 0 Å². The van der Waals surface area contributed by atoms with E-state index in [-0.39, 0.29) is 18.3 Å². The Morgan fingerprint density at radius 3 is 2.95 bits per heavy atom. The number of nitrogens with zero attached hydrogens (tertiary/aromatic N) is 1. The second kappa shape index (κ2) is 6.55. The van der Waals surface area contributed by atoms with E-state index in [2.05, 4.69) is 22.3 Å². The zero-order chi connectivity index (χ0) is 14.4. The van der Waals surface area contributed by atoms with Gasteiger partial charge in [0.2, 0.25) is 5.76 Å². The van der Waals surface area contributed by atoms with E-state index in [0.29, 0.717) is 23.4 Å². The van der Waals surface area contributed by atoms with Crippen molar-refractivity contribution in [3.63, 3.8) is 0 Å². The summed E-state index contributed by atoms with van der Waals surface area (Å²) in [6.45, 7) is 1.76. The number of benzene rings is 1. The lowest BCUT2D eigenvalue weighted by atomic mass is 10.1. The summed E-state index contributed by atoms with van der Waals surface area (Å²) in [6.07, 6.45) is 0.392. The lowest BCUT2D eigenvalue weighted by Crippen LogP contribution is -2.11. The number of hydrogen-bond donors (Lipinski definition) is 2. The Hall–Kier alpha value is -2.58. The van der Waals surface area contributed by atoms with Gasteiger partial charge < -0.3 is 14.9 Å². The fraction of sp³-hybridized carbons (Fsp3) is 0.200. The summed E-state index contributed by atoms with van der Waals surface area (Å²) in [7, 11) is 0. The first-order valence-electron chi connectivity index (χ1n) is 6.14. The number of nitrogens with one attached hydrogen (secondary N) is 1. The minimum atomic E-state index is -0.373. The van der Waals surface area contributed by atoms with E-state index < -0.39 is 0 Å². The molecule has 0 bridgehead atoms. The maximum absolute atomic E-state index is 12.0. The normalized spacial score (nSPS) is 9.70. The van der Waals surface area contributed by atoms with Gasteiger partial charge >= 0.3 is 0 Å². The molecule has 0 aliphatic rings. The molecule has 1 amide bonds. The van der Waals surface area contributed by atoms with Gasteiger partial charge in [-0.25, -0.2) is 0 Å². The van der Waals surface area contributed by atoms with Crippen LogP contribution in [0.4, 0.5) is 5.69 Å². The van der Waals surface area contributed by atoms with Gasteiger partial charge in [0.25, 0.3) is 5.91 Å². The molecule has 1 aromatic carbocycles. The van der Waals surface area contributed by atoms with Crippen molar-refractivity contribution < 1.29 is 14.4 Å². The number of aliphatic hydroxyl groups is 1. The molecule has 0 fully saturated rings. The number of carbonyl (C=O) groups excluding carboxylic acids is 1. The number of hydrogen-bond acceptors (Lipinski definition) is 4. The molecule has 0 saturated carbocycles. The van der Waals surface area contributed by atoms with E-state index in [4.69, 9.17) is 9.63 Å². The van der Waals surface area contributed by atoms with E-state index in [1.54, 1.807) is 31.2 Å². The SMILES string of the molecule is Cc1cc(C(=O)Nc2ccccc2C#CCCO)on1. The molecule has 0 radical (unpaired) electrons. The van der Waals surface area contributed by atoms with Gasteiger partial charge in [0, 0.05) is 18.1 Å². The van der Waals surface area contributed by atoms with Crippen molar-refractivity contribution in [2.75, 3.05) is 11.9 Å². The highest BCUT2D eigenvalue weighted by atomic mass is 16.5. The Kier molecular flexibility index (Phi) is 4.53. The predicted octanol–water partition coefficient (Wildman–Crippen LogP) is 1.97. The van der Waals surface area contributed by atoms with Crippen LogP contribution in [0.15, 0.2) is 34.9 Å². The largest absolute Gasteiger partial charge is 0.395 e. The third kappa shape index (κ3) is 3.46. The number of carbonyl (C=O) groups is 1. The van der Waals surface area contributed by atoms with E-state index in [1.165, 1.54) is 0 Å². The van der Waals surface area contributed by atoms with Crippen molar-refractivity contribution in [2.45, 2.75) is 13.3 Å². The Labute approximate surface area is 116 Å². The van der Waals surface area contributed by atoms with Gasteiger partial charge in [-0.2, -0.15) is 0 Å². The molecule has 0 spiro atoms. The summed E-state index contributed by atoms with van der Waals surface area (Å²) in [5, 5.41) is 15.1. The predicted molar refractivity (Wildman–Crippen MR) is 74.2 cm³/mol. The van der Waals surface area contributed by atoms with Gasteiger partial charge in [-0.1, -0.05) is 29.1 Å². The first-order chi connectivity index (χ1) is 9.70. The molecule has 0 aliphatic heterocycles. The van der Waals surface area contributed by atoms with Crippen LogP contribution >= 0.6 is 0 Å². The van der Waals surface area contributed by atoms with Crippen LogP contribution in [0.1, 0.15) is 28.2 Å². The lowest BCUT2D eigenvalue weighted by molar-refractivity contribution is 0.0988. The standard InChI is InChI=1S/C15H14N2O3/c1-11-10-14(20-17-11)15(19)16-13-8-3-2-6-12(13)7-4-5-9-18/h2-3,6,8,10,18H,5,9H2,1H3,(H,16,19). The van der Waals surface area contributed by atoms with Crippen LogP contribution in [0.25, 0.3) is 0 Å². The lowest BCUT2D eigenvalue weighted by Gasteiger charge is -2.05. The smallest absolute Gasteiger partial charge is 0.294 e. The van der Waals surface area contributed by atoms with Crippen molar-refractivity contribution in [2.24, 2.45) is 0 Å². The van der Waals surface area contributed by atoms with Crippen LogP contribution in [0, 0.1) is 18.8 Å². The molecule has 2 aromatic rings. The number of amides is 1. The summed E-state index contributed by atoms with van der Waals surface area (Å²) in [5.74, 6) is 5.51. The Balaban J connectivity index is 2.17. The van der Waals surface area contributed by atoms with Gasteiger partial charge in [0.05, 0.1) is 18.0 Å².